The lowest BCUT2D eigenvalue weighted by molar-refractivity contribution is -0.144. The minimum Gasteiger partial charge on any atom is -0.394 e. The Bertz CT molecular complexity index is 395. The number of halogens is 3. The molecule has 0 amide bonds. The Labute approximate surface area is 78.0 Å². The fourth-order valence-corrected chi connectivity index (χ4v) is 1.16. The second kappa shape index (κ2) is 3.36. The number of nitrogens with two attached hydrogens (primary N) is 1. The number of pyridine rings is 1. The molecule has 1 aromatic heterocycles. The lowest BCUT2D eigenvalue weighted by Gasteiger charge is -2.13. The monoisotopic (exact) mass is 206 g/mol. The minimum absolute atomic E-state index is 0.0568. The van der Waals surface area contributed by atoms with Gasteiger partial charge in [0.05, 0.1) is 5.69 Å². The second-order valence-corrected chi connectivity index (χ2v) is 2.72. The van der Waals surface area contributed by atoms with E-state index in [1.165, 1.54) is 6.92 Å². The molecule has 0 aliphatic rings. The summed E-state index contributed by atoms with van der Waals surface area (Å²) in [4.78, 5) is 11.2. The van der Waals surface area contributed by atoms with Gasteiger partial charge >= 0.3 is 6.18 Å². The molecule has 0 aliphatic heterocycles. The van der Waals surface area contributed by atoms with Gasteiger partial charge in [-0.05, 0) is 19.1 Å². The average Bonchev–Trinajstić information content (AvgIpc) is 2.07. The number of rotatable bonds is 1. The molecule has 14 heavy (non-hydrogen) atoms. The highest BCUT2D eigenvalue weighted by molar-refractivity contribution is 5.36. The Hall–Kier alpha value is -1.46. The Balaban J connectivity index is 3.47. The van der Waals surface area contributed by atoms with E-state index in [1.807, 2.05) is 0 Å². The number of anilines is 1. The van der Waals surface area contributed by atoms with Crippen LogP contribution in [0, 0.1) is 0 Å². The van der Waals surface area contributed by atoms with E-state index in [9.17, 15) is 18.0 Å². The van der Waals surface area contributed by atoms with E-state index in [0.29, 0.717) is 4.57 Å². The molecule has 2 N–H and O–H groups in total. The van der Waals surface area contributed by atoms with Gasteiger partial charge in [0, 0.05) is 6.54 Å². The van der Waals surface area contributed by atoms with Crippen LogP contribution in [0.5, 0.6) is 0 Å². The highest BCUT2D eigenvalue weighted by atomic mass is 19.4. The normalized spacial score (nSPS) is 11.7. The van der Waals surface area contributed by atoms with Crippen molar-refractivity contribution in [2.24, 2.45) is 0 Å². The molecule has 0 aromatic carbocycles. The maximum absolute atomic E-state index is 12.3. The summed E-state index contributed by atoms with van der Waals surface area (Å²) in [5.74, 6) is 0. The third kappa shape index (κ3) is 1.73. The van der Waals surface area contributed by atoms with Crippen LogP contribution in [0.4, 0.5) is 18.9 Å². The van der Waals surface area contributed by atoms with Gasteiger partial charge in [-0.25, -0.2) is 0 Å². The van der Waals surface area contributed by atoms with Crippen LogP contribution in [0.2, 0.25) is 0 Å². The van der Waals surface area contributed by atoms with E-state index in [1.54, 1.807) is 0 Å². The van der Waals surface area contributed by atoms with Crippen molar-refractivity contribution in [3.8, 4) is 0 Å². The van der Waals surface area contributed by atoms with E-state index in [0.717, 1.165) is 12.1 Å². The van der Waals surface area contributed by atoms with Crippen molar-refractivity contribution in [2.75, 3.05) is 5.73 Å². The summed E-state index contributed by atoms with van der Waals surface area (Å²) in [5.41, 5.74) is 3.25. The van der Waals surface area contributed by atoms with Gasteiger partial charge in [0.15, 0.2) is 0 Å². The van der Waals surface area contributed by atoms with E-state index < -0.39 is 17.4 Å². The molecule has 0 aliphatic carbocycles. The summed E-state index contributed by atoms with van der Waals surface area (Å²) in [6.07, 6.45) is -4.52. The summed E-state index contributed by atoms with van der Waals surface area (Å²) in [6.45, 7) is 1.40. The molecule has 6 heteroatoms. The summed E-state index contributed by atoms with van der Waals surface area (Å²) < 4.78 is 37.6. The molecule has 1 rings (SSSR count). The standard InChI is InChI=1S/C8H9F3N2O/c1-2-13-6(8(9,10)11)4-3-5(12)7(13)14/h3-4H,2,12H2,1H3. The molecular weight excluding hydrogens is 197 g/mol. The van der Waals surface area contributed by atoms with Crippen molar-refractivity contribution >= 4 is 5.69 Å². The third-order valence-corrected chi connectivity index (χ3v) is 1.81. The first kappa shape index (κ1) is 10.6. The number of nitrogens with zero attached hydrogens (tertiary/aromatic N) is 1. The summed E-state index contributed by atoms with van der Waals surface area (Å²) >= 11 is 0. The Kier molecular flexibility index (Phi) is 2.55. The number of alkyl halides is 3. The SMILES string of the molecule is CCn1c(C(F)(F)F)ccc(N)c1=O. The Morgan fingerprint density at radius 1 is 1.43 bits per heavy atom. The van der Waals surface area contributed by atoms with Crippen LogP contribution < -0.4 is 11.3 Å². The molecular formula is C8H9F3N2O. The average molecular weight is 206 g/mol. The molecule has 1 heterocycles. The zero-order chi connectivity index (χ0) is 10.9. The molecule has 0 fully saturated rings. The van der Waals surface area contributed by atoms with Crippen molar-refractivity contribution in [2.45, 2.75) is 19.6 Å². The summed E-state index contributed by atoms with van der Waals surface area (Å²) in [6, 6.07) is 1.78. The lowest BCUT2D eigenvalue weighted by atomic mass is 10.3. The molecule has 0 atom stereocenters. The number of hydrogen-bond acceptors (Lipinski definition) is 2. The van der Waals surface area contributed by atoms with Crippen molar-refractivity contribution in [3.63, 3.8) is 0 Å². The topological polar surface area (TPSA) is 48.0 Å². The van der Waals surface area contributed by atoms with Crippen LogP contribution in [0.1, 0.15) is 12.6 Å². The van der Waals surface area contributed by atoms with Gasteiger partial charge in [0.1, 0.15) is 5.69 Å². The molecule has 0 unspecified atom stereocenters. The van der Waals surface area contributed by atoms with Gasteiger partial charge in [-0.1, -0.05) is 0 Å². The van der Waals surface area contributed by atoms with Crippen molar-refractivity contribution < 1.29 is 13.2 Å². The fourth-order valence-electron chi connectivity index (χ4n) is 1.16. The van der Waals surface area contributed by atoms with Gasteiger partial charge in [-0.3, -0.25) is 4.79 Å². The maximum atomic E-state index is 12.3. The number of hydrogen-bond donors (Lipinski definition) is 1. The molecule has 3 nitrogen and oxygen atoms in total. The zero-order valence-electron chi connectivity index (χ0n) is 7.43. The Morgan fingerprint density at radius 2 is 2.00 bits per heavy atom. The molecule has 0 bridgehead atoms. The number of aromatic nitrogens is 1. The molecule has 0 saturated carbocycles. The molecule has 1 aromatic rings. The van der Waals surface area contributed by atoms with Gasteiger partial charge in [0.25, 0.3) is 5.56 Å². The molecule has 0 spiro atoms. The Morgan fingerprint density at radius 3 is 2.43 bits per heavy atom. The zero-order valence-corrected chi connectivity index (χ0v) is 7.43. The first-order valence-electron chi connectivity index (χ1n) is 3.94. The van der Waals surface area contributed by atoms with Crippen LogP contribution in [0.3, 0.4) is 0 Å². The smallest absolute Gasteiger partial charge is 0.394 e. The fraction of sp³-hybridized carbons (Fsp3) is 0.375. The molecule has 78 valence electrons. The van der Waals surface area contributed by atoms with Gasteiger partial charge in [-0.15, -0.1) is 0 Å². The first-order valence-corrected chi connectivity index (χ1v) is 3.94. The second-order valence-electron chi connectivity index (χ2n) is 2.72. The van der Waals surface area contributed by atoms with Crippen LogP contribution in [0.15, 0.2) is 16.9 Å². The summed E-state index contributed by atoms with van der Waals surface area (Å²) in [5, 5.41) is 0. The molecule has 0 radical (unpaired) electrons. The van der Waals surface area contributed by atoms with E-state index in [-0.39, 0.29) is 12.2 Å². The van der Waals surface area contributed by atoms with Gasteiger partial charge < -0.3 is 10.3 Å². The van der Waals surface area contributed by atoms with Crippen LogP contribution in [-0.4, -0.2) is 4.57 Å². The predicted octanol–water partition coefficient (Wildman–Crippen LogP) is 1.47. The van der Waals surface area contributed by atoms with E-state index >= 15 is 0 Å². The summed E-state index contributed by atoms with van der Waals surface area (Å²) in [7, 11) is 0. The van der Waals surface area contributed by atoms with E-state index in [2.05, 4.69) is 0 Å². The third-order valence-electron chi connectivity index (χ3n) is 1.81. The van der Waals surface area contributed by atoms with Crippen LogP contribution in [0.25, 0.3) is 0 Å². The minimum atomic E-state index is -4.52. The first-order chi connectivity index (χ1) is 6.38. The van der Waals surface area contributed by atoms with Crippen LogP contribution >= 0.6 is 0 Å². The lowest BCUT2D eigenvalue weighted by Crippen LogP contribution is -2.28. The number of nitrogen functional groups attached to an aromatic ring is 1. The highest BCUT2D eigenvalue weighted by Gasteiger charge is 2.34. The van der Waals surface area contributed by atoms with Gasteiger partial charge in [0.2, 0.25) is 0 Å². The van der Waals surface area contributed by atoms with Crippen molar-refractivity contribution in [1.82, 2.24) is 4.57 Å². The van der Waals surface area contributed by atoms with Crippen molar-refractivity contribution in [3.05, 3.63) is 28.2 Å². The molecule has 0 saturated heterocycles. The maximum Gasteiger partial charge on any atom is 0.431 e. The quantitative estimate of drug-likeness (QED) is 0.756. The largest absolute Gasteiger partial charge is 0.431 e. The van der Waals surface area contributed by atoms with Gasteiger partial charge in [-0.2, -0.15) is 13.2 Å². The predicted molar refractivity (Wildman–Crippen MR) is 45.8 cm³/mol. The van der Waals surface area contributed by atoms with Crippen molar-refractivity contribution in [1.29, 1.82) is 0 Å². The van der Waals surface area contributed by atoms with E-state index in [4.69, 9.17) is 5.73 Å². The highest BCUT2D eigenvalue weighted by Crippen LogP contribution is 2.28. The van der Waals surface area contributed by atoms with Crippen LogP contribution in [-0.2, 0) is 12.7 Å².